The Labute approximate surface area is 139 Å². The first kappa shape index (κ1) is 17.6. The standard InChI is InChI=1S/C18H30N4O/c1-15-9-13-22(14-10-15)12-4-3-11-20-18(19)21-16-5-7-17(23-2)8-6-16/h5-8,15H,3-4,9-14H2,1-2H3,(H3,19,20,21). The van der Waals surface area contributed by atoms with E-state index in [4.69, 9.17) is 10.5 Å². The Hall–Kier alpha value is -1.75. The van der Waals surface area contributed by atoms with Crippen molar-refractivity contribution >= 4 is 11.6 Å². The molecule has 0 radical (unpaired) electrons. The number of unbranched alkanes of at least 4 members (excludes halogenated alkanes) is 1. The van der Waals surface area contributed by atoms with E-state index in [1.165, 1.54) is 38.9 Å². The zero-order valence-electron chi connectivity index (χ0n) is 14.4. The molecule has 1 heterocycles. The van der Waals surface area contributed by atoms with Crippen LogP contribution in [0.15, 0.2) is 29.3 Å². The van der Waals surface area contributed by atoms with Crippen molar-refractivity contribution in [3.05, 3.63) is 24.3 Å². The molecule has 2 rings (SSSR count). The summed E-state index contributed by atoms with van der Waals surface area (Å²) in [7, 11) is 1.66. The van der Waals surface area contributed by atoms with Crippen LogP contribution in [-0.4, -0.2) is 44.1 Å². The topological polar surface area (TPSA) is 62.9 Å². The number of nitrogens with zero attached hydrogens (tertiary/aromatic N) is 2. The molecule has 0 aliphatic carbocycles. The van der Waals surface area contributed by atoms with Crippen LogP contribution in [-0.2, 0) is 0 Å². The molecule has 1 saturated heterocycles. The van der Waals surface area contributed by atoms with E-state index < -0.39 is 0 Å². The van der Waals surface area contributed by atoms with Crippen LogP contribution in [0.3, 0.4) is 0 Å². The predicted molar refractivity (Wildman–Crippen MR) is 97.2 cm³/mol. The van der Waals surface area contributed by atoms with Crippen LogP contribution >= 0.6 is 0 Å². The number of rotatable bonds is 7. The van der Waals surface area contributed by atoms with Gasteiger partial charge in [0.1, 0.15) is 5.75 Å². The lowest BCUT2D eigenvalue weighted by molar-refractivity contribution is 0.190. The Morgan fingerprint density at radius 2 is 1.96 bits per heavy atom. The van der Waals surface area contributed by atoms with Crippen molar-refractivity contribution in [2.75, 3.05) is 38.6 Å². The number of guanidine groups is 1. The molecule has 0 bridgehead atoms. The van der Waals surface area contributed by atoms with Gasteiger partial charge < -0.3 is 20.7 Å². The number of methoxy groups -OCH3 is 1. The van der Waals surface area contributed by atoms with Crippen LogP contribution < -0.4 is 15.8 Å². The van der Waals surface area contributed by atoms with Crippen LogP contribution in [0, 0.1) is 5.92 Å². The first-order valence-corrected chi connectivity index (χ1v) is 8.60. The van der Waals surface area contributed by atoms with Gasteiger partial charge in [-0.25, -0.2) is 0 Å². The number of likely N-dealkylation sites (tertiary alicyclic amines) is 1. The molecule has 128 valence electrons. The zero-order chi connectivity index (χ0) is 16.5. The first-order chi connectivity index (χ1) is 11.2. The van der Waals surface area contributed by atoms with E-state index in [0.717, 1.165) is 30.3 Å². The van der Waals surface area contributed by atoms with Crippen molar-refractivity contribution < 1.29 is 4.74 Å². The summed E-state index contributed by atoms with van der Waals surface area (Å²) < 4.78 is 5.13. The van der Waals surface area contributed by atoms with Gasteiger partial charge in [-0.1, -0.05) is 6.92 Å². The molecule has 5 heteroatoms. The second kappa shape index (κ2) is 9.40. The molecule has 0 saturated carbocycles. The van der Waals surface area contributed by atoms with Gasteiger partial charge in [0, 0.05) is 12.2 Å². The highest BCUT2D eigenvalue weighted by Crippen LogP contribution is 2.16. The summed E-state index contributed by atoms with van der Waals surface area (Å²) in [5.41, 5.74) is 6.84. The van der Waals surface area contributed by atoms with Gasteiger partial charge in [-0.05, 0) is 75.5 Å². The van der Waals surface area contributed by atoms with Crippen molar-refractivity contribution in [3.8, 4) is 5.75 Å². The summed E-state index contributed by atoms with van der Waals surface area (Å²) in [6, 6.07) is 7.65. The molecule has 23 heavy (non-hydrogen) atoms. The molecule has 1 aromatic rings. The van der Waals surface area contributed by atoms with E-state index >= 15 is 0 Å². The maximum Gasteiger partial charge on any atom is 0.193 e. The van der Waals surface area contributed by atoms with E-state index in [2.05, 4.69) is 22.1 Å². The minimum Gasteiger partial charge on any atom is -0.497 e. The molecular formula is C18H30N4O. The molecular weight excluding hydrogens is 288 g/mol. The third-order valence-corrected chi connectivity index (χ3v) is 4.40. The molecule has 0 spiro atoms. The van der Waals surface area contributed by atoms with Gasteiger partial charge in [0.15, 0.2) is 5.96 Å². The smallest absolute Gasteiger partial charge is 0.193 e. The predicted octanol–water partition coefficient (Wildman–Crippen LogP) is 2.93. The number of ether oxygens (including phenoxy) is 1. The Kier molecular flexibility index (Phi) is 7.20. The molecule has 0 amide bonds. The fraction of sp³-hybridized carbons (Fsp3) is 0.611. The molecule has 5 nitrogen and oxygen atoms in total. The summed E-state index contributed by atoms with van der Waals surface area (Å²) >= 11 is 0. The molecule has 0 aromatic heterocycles. The van der Waals surface area contributed by atoms with E-state index in [-0.39, 0.29) is 0 Å². The highest BCUT2D eigenvalue weighted by atomic mass is 16.5. The number of benzene rings is 1. The van der Waals surface area contributed by atoms with Gasteiger partial charge >= 0.3 is 0 Å². The van der Waals surface area contributed by atoms with Crippen molar-refractivity contribution in [3.63, 3.8) is 0 Å². The highest BCUT2D eigenvalue weighted by Gasteiger charge is 2.14. The third kappa shape index (κ3) is 6.48. The highest BCUT2D eigenvalue weighted by molar-refractivity contribution is 5.92. The largest absolute Gasteiger partial charge is 0.497 e. The lowest BCUT2D eigenvalue weighted by Gasteiger charge is -2.30. The van der Waals surface area contributed by atoms with Gasteiger partial charge in [-0.15, -0.1) is 0 Å². The number of anilines is 1. The second-order valence-electron chi connectivity index (χ2n) is 6.35. The van der Waals surface area contributed by atoms with Gasteiger partial charge in [-0.2, -0.15) is 0 Å². The minimum atomic E-state index is 0.474. The normalized spacial score (nSPS) is 17.2. The van der Waals surface area contributed by atoms with Crippen molar-refractivity contribution in [1.82, 2.24) is 4.90 Å². The number of nitrogens with one attached hydrogen (secondary N) is 1. The summed E-state index contributed by atoms with van der Waals surface area (Å²) in [5, 5.41) is 3.10. The SMILES string of the molecule is COc1ccc(NC(N)=NCCCCN2CCC(C)CC2)cc1. The summed E-state index contributed by atoms with van der Waals surface area (Å²) in [6.07, 6.45) is 4.96. The molecule has 1 aliphatic rings. The Balaban J connectivity index is 1.60. The van der Waals surface area contributed by atoms with Crippen LogP contribution in [0.4, 0.5) is 5.69 Å². The molecule has 1 fully saturated rings. The van der Waals surface area contributed by atoms with Gasteiger partial charge in [-0.3, -0.25) is 4.99 Å². The fourth-order valence-corrected chi connectivity index (χ4v) is 2.79. The van der Waals surface area contributed by atoms with Gasteiger partial charge in [0.25, 0.3) is 0 Å². The van der Waals surface area contributed by atoms with Crippen molar-refractivity contribution in [1.29, 1.82) is 0 Å². The Bertz CT molecular complexity index is 478. The van der Waals surface area contributed by atoms with Crippen LogP contribution in [0.25, 0.3) is 0 Å². The van der Waals surface area contributed by atoms with Crippen LogP contribution in [0.2, 0.25) is 0 Å². The Morgan fingerprint density at radius 3 is 2.61 bits per heavy atom. The quantitative estimate of drug-likeness (QED) is 0.461. The molecule has 1 aliphatic heterocycles. The lowest BCUT2D eigenvalue weighted by atomic mass is 9.99. The number of aliphatic imine (C=N–C) groups is 1. The number of hydrogen-bond acceptors (Lipinski definition) is 3. The van der Waals surface area contributed by atoms with Gasteiger partial charge in [0.2, 0.25) is 0 Å². The Morgan fingerprint density at radius 1 is 1.26 bits per heavy atom. The maximum atomic E-state index is 5.91. The minimum absolute atomic E-state index is 0.474. The number of hydrogen-bond donors (Lipinski definition) is 2. The maximum absolute atomic E-state index is 5.91. The molecule has 1 aromatic carbocycles. The van der Waals surface area contributed by atoms with Crippen LogP contribution in [0.5, 0.6) is 5.75 Å². The van der Waals surface area contributed by atoms with Crippen molar-refractivity contribution in [2.45, 2.75) is 32.6 Å². The average molecular weight is 318 g/mol. The number of nitrogens with two attached hydrogens (primary N) is 1. The first-order valence-electron chi connectivity index (χ1n) is 8.60. The molecule has 3 N–H and O–H groups in total. The van der Waals surface area contributed by atoms with E-state index in [0.29, 0.717) is 5.96 Å². The third-order valence-electron chi connectivity index (χ3n) is 4.40. The monoisotopic (exact) mass is 318 g/mol. The summed E-state index contributed by atoms with van der Waals surface area (Å²) in [6.45, 7) is 6.83. The van der Waals surface area contributed by atoms with E-state index in [9.17, 15) is 0 Å². The molecule has 0 unspecified atom stereocenters. The fourth-order valence-electron chi connectivity index (χ4n) is 2.79. The zero-order valence-corrected chi connectivity index (χ0v) is 14.4. The molecule has 0 atom stereocenters. The summed E-state index contributed by atoms with van der Waals surface area (Å²) in [5.74, 6) is 2.21. The van der Waals surface area contributed by atoms with Crippen molar-refractivity contribution in [2.24, 2.45) is 16.6 Å². The summed E-state index contributed by atoms with van der Waals surface area (Å²) in [4.78, 5) is 6.96. The van der Waals surface area contributed by atoms with E-state index in [1.54, 1.807) is 7.11 Å². The number of piperidine rings is 1. The van der Waals surface area contributed by atoms with E-state index in [1.807, 2.05) is 24.3 Å². The second-order valence-corrected chi connectivity index (χ2v) is 6.35. The average Bonchev–Trinajstić information content (AvgIpc) is 2.57. The van der Waals surface area contributed by atoms with Crippen LogP contribution in [0.1, 0.15) is 32.6 Å². The lowest BCUT2D eigenvalue weighted by Crippen LogP contribution is -2.33. The van der Waals surface area contributed by atoms with Gasteiger partial charge in [0.05, 0.1) is 7.11 Å².